The molecule has 0 saturated carbocycles. The molecule has 0 atom stereocenters. The molecule has 3 N–H and O–H groups in total. The molecule has 0 aliphatic rings. The largest absolute Gasteiger partial charge is 0.439 e. The Hall–Kier alpha value is -2.74. The number of anilines is 1. The van der Waals surface area contributed by atoms with Crippen molar-refractivity contribution in [3.8, 4) is 11.6 Å². The molecule has 0 spiro atoms. The minimum Gasteiger partial charge on any atom is -0.439 e. The predicted octanol–water partition coefficient (Wildman–Crippen LogP) is 2.33. The first-order valence-electron chi connectivity index (χ1n) is 6.31. The van der Waals surface area contributed by atoms with Gasteiger partial charge >= 0.3 is 0 Å². The molecular weight excluding hydrogens is 274 g/mol. The first-order valence-corrected chi connectivity index (χ1v) is 6.31. The molecule has 0 unspecified atom stereocenters. The van der Waals surface area contributed by atoms with Crippen LogP contribution < -0.4 is 16.0 Å². The highest BCUT2D eigenvalue weighted by atomic mass is 16.6. The van der Waals surface area contributed by atoms with Gasteiger partial charge in [-0.25, -0.2) is 10.8 Å². The normalized spacial score (nSPS) is 10.2. The average molecular weight is 289 g/mol. The number of nitro benzene ring substituents is 1. The van der Waals surface area contributed by atoms with E-state index in [1.807, 2.05) is 6.92 Å². The molecule has 0 bridgehead atoms. The van der Waals surface area contributed by atoms with E-state index < -0.39 is 4.92 Å². The predicted molar refractivity (Wildman–Crippen MR) is 77.1 cm³/mol. The first kappa shape index (κ1) is 14.7. The van der Waals surface area contributed by atoms with Gasteiger partial charge in [0.1, 0.15) is 17.4 Å². The van der Waals surface area contributed by atoms with Gasteiger partial charge in [-0.2, -0.15) is 4.98 Å². The van der Waals surface area contributed by atoms with Crippen LogP contribution in [-0.4, -0.2) is 14.9 Å². The maximum absolute atomic E-state index is 10.7. The number of nitrogens with two attached hydrogens (primary N) is 1. The maximum atomic E-state index is 10.7. The van der Waals surface area contributed by atoms with E-state index in [0.29, 0.717) is 35.3 Å². The third kappa shape index (κ3) is 3.42. The third-order valence-corrected chi connectivity index (χ3v) is 2.80. The SMILES string of the molecule is CCc1nc(NN)cc(Oc2ccc([N+](=O)[O-])cc2C)n1. The van der Waals surface area contributed by atoms with E-state index >= 15 is 0 Å². The fourth-order valence-electron chi connectivity index (χ4n) is 1.73. The molecule has 0 amide bonds. The number of aryl methyl sites for hydroxylation is 2. The van der Waals surface area contributed by atoms with E-state index in [0.717, 1.165) is 0 Å². The van der Waals surface area contributed by atoms with Crippen LogP contribution in [0.5, 0.6) is 11.6 Å². The number of nitrogens with zero attached hydrogens (tertiary/aromatic N) is 3. The number of ether oxygens (including phenoxy) is 1. The van der Waals surface area contributed by atoms with Crippen LogP contribution in [0.15, 0.2) is 24.3 Å². The Labute approximate surface area is 121 Å². The summed E-state index contributed by atoms with van der Waals surface area (Å²) >= 11 is 0. The molecule has 1 aromatic carbocycles. The van der Waals surface area contributed by atoms with Gasteiger partial charge in [-0.1, -0.05) is 6.92 Å². The van der Waals surface area contributed by atoms with Gasteiger partial charge in [0, 0.05) is 24.6 Å². The van der Waals surface area contributed by atoms with Crippen molar-refractivity contribution in [3.05, 3.63) is 45.8 Å². The number of non-ortho nitro benzene ring substituents is 1. The molecule has 0 fully saturated rings. The van der Waals surface area contributed by atoms with E-state index in [1.54, 1.807) is 13.0 Å². The third-order valence-electron chi connectivity index (χ3n) is 2.80. The zero-order valence-electron chi connectivity index (χ0n) is 11.7. The lowest BCUT2D eigenvalue weighted by atomic mass is 10.2. The van der Waals surface area contributed by atoms with Gasteiger partial charge in [-0.15, -0.1) is 0 Å². The fourth-order valence-corrected chi connectivity index (χ4v) is 1.73. The van der Waals surface area contributed by atoms with E-state index in [1.165, 1.54) is 18.2 Å². The van der Waals surface area contributed by atoms with Crippen LogP contribution >= 0.6 is 0 Å². The quantitative estimate of drug-likeness (QED) is 0.493. The lowest BCUT2D eigenvalue weighted by Crippen LogP contribution is -2.10. The lowest BCUT2D eigenvalue weighted by molar-refractivity contribution is -0.384. The molecule has 0 aliphatic carbocycles. The zero-order chi connectivity index (χ0) is 15.4. The Morgan fingerprint density at radius 3 is 2.71 bits per heavy atom. The van der Waals surface area contributed by atoms with E-state index in [2.05, 4.69) is 15.4 Å². The van der Waals surface area contributed by atoms with Gasteiger partial charge in [-0.3, -0.25) is 10.1 Å². The molecule has 1 aromatic heterocycles. The second-order valence-electron chi connectivity index (χ2n) is 4.31. The standard InChI is InChI=1S/C13H15N5O3/c1-3-11-15-12(17-14)7-13(16-11)21-10-5-4-9(18(19)20)6-8(10)2/h4-7H,3,14H2,1-2H3,(H,15,16,17). The molecule has 21 heavy (non-hydrogen) atoms. The molecule has 110 valence electrons. The Kier molecular flexibility index (Phi) is 4.29. The molecule has 0 aliphatic heterocycles. The van der Waals surface area contributed by atoms with Crippen LogP contribution in [-0.2, 0) is 6.42 Å². The number of nitro groups is 1. The summed E-state index contributed by atoms with van der Waals surface area (Å²) in [7, 11) is 0. The first-order chi connectivity index (χ1) is 10.0. The number of hydrazine groups is 1. The van der Waals surface area contributed by atoms with Crippen molar-refractivity contribution in [2.75, 3.05) is 5.43 Å². The summed E-state index contributed by atoms with van der Waals surface area (Å²) < 4.78 is 5.66. The maximum Gasteiger partial charge on any atom is 0.269 e. The van der Waals surface area contributed by atoms with Gasteiger partial charge in [-0.05, 0) is 18.6 Å². The molecular formula is C13H15N5O3. The summed E-state index contributed by atoms with van der Waals surface area (Å²) in [6, 6.07) is 5.92. The number of nitrogens with one attached hydrogen (secondary N) is 1. The van der Waals surface area contributed by atoms with Crippen LogP contribution in [0.1, 0.15) is 18.3 Å². The highest BCUT2D eigenvalue weighted by Gasteiger charge is 2.11. The molecule has 8 nitrogen and oxygen atoms in total. The van der Waals surface area contributed by atoms with Crippen LogP contribution in [0, 0.1) is 17.0 Å². The van der Waals surface area contributed by atoms with Crippen molar-refractivity contribution in [1.29, 1.82) is 0 Å². The number of benzene rings is 1. The van der Waals surface area contributed by atoms with E-state index in [4.69, 9.17) is 10.6 Å². The summed E-state index contributed by atoms with van der Waals surface area (Å²) in [5, 5.41) is 10.7. The summed E-state index contributed by atoms with van der Waals surface area (Å²) in [5.74, 6) is 7.19. The number of hydrogen-bond donors (Lipinski definition) is 2. The van der Waals surface area contributed by atoms with Gasteiger partial charge < -0.3 is 10.2 Å². The van der Waals surface area contributed by atoms with Gasteiger partial charge in [0.05, 0.1) is 4.92 Å². The van der Waals surface area contributed by atoms with Gasteiger partial charge in [0.25, 0.3) is 5.69 Å². The Morgan fingerprint density at radius 1 is 1.38 bits per heavy atom. The lowest BCUT2D eigenvalue weighted by Gasteiger charge is -2.10. The summed E-state index contributed by atoms with van der Waals surface area (Å²) in [4.78, 5) is 18.6. The minimum absolute atomic E-state index is 0.0149. The number of rotatable bonds is 5. The monoisotopic (exact) mass is 289 g/mol. The molecule has 0 radical (unpaired) electrons. The average Bonchev–Trinajstić information content (AvgIpc) is 2.48. The zero-order valence-corrected chi connectivity index (χ0v) is 11.7. The van der Waals surface area contributed by atoms with E-state index in [9.17, 15) is 10.1 Å². The summed E-state index contributed by atoms with van der Waals surface area (Å²) in [6.45, 7) is 3.64. The topological polar surface area (TPSA) is 116 Å². The number of hydrogen-bond acceptors (Lipinski definition) is 7. The van der Waals surface area contributed by atoms with Gasteiger partial charge in [0.15, 0.2) is 0 Å². The highest BCUT2D eigenvalue weighted by molar-refractivity contribution is 5.45. The van der Waals surface area contributed by atoms with E-state index in [-0.39, 0.29) is 5.69 Å². The smallest absolute Gasteiger partial charge is 0.269 e. The number of nitrogen functional groups attached to an aromatic ring is 1. The summed E-state index contributed by atoms with van der Waals surface area (Å²) in [5.41, 5.74) is 3.10. The highest BCUT2D eigenvalue weighted by Crippen LogP contribution is 2.28. The van der Waals surface area contributed by atoms with Crippen LogP contribution in [0.4, 0.5) is 11.5 Å². The van der Waals surface area contributed by atoms with Gasteiger partial charge in [0.2, 0.25) is 5.88 Å². The van der Waals surface area contributed by atoms with Crippen LogP contribution in [0.2, 0.25) is 0 Å². The second-order valence-corrected chi connectivity index (χ2v) is 4.31. The summed E-state index contributed by atoms with van der Waals surface area (Å²) in [6.07, 6.45) is 0.630. The number of aromatic nitrogens is 2. The van der Waals surface area contributed by atoms with Crippen molar-refractivity contribution in [2.24, 2.45) is 5.84 Å². The molecule has 0 saturated heterocycles. The Bertz CT molecular complexity index is 653. The van der Waals surface area contributed by atoms with Crippen LogP contribution in [0.3, 0.4) is 0 Å². The molecule has 1 heterocycles. The van der Waals surface area contributed by atoms with Crippen molar-refractivity contribution >= 4 is 11.5 Å². The van der Waals surface area contributed by atoms with Crippen molar-refractivity contribution < 1.29 is 9.66 Å². The van der Waals surface area contributed by atoms with Crippen molar-refractivity contribution in [1.82, 2.24) is 9.97 Å². The Morgan fingerprint density at radius 2 is 2.14 bits per heavy atom. The molecule has 2 aromatic rings. The second kappa shape index (κ2) is 6.14. The Balaban J connectivity index is 2.31. The van der Waals surface area contributed by atoms with Crippen molar-refractivity contribution in [2.45, 2.75) is 20.3 Å². The van der Waals surface area contributed by atoms with Crippen molar-refractivity contribution in [3.63, 3.8) is 0 Å². The molecule has 8 heteroatoms. The fraction of sp³-hybridized carbons (Fsp3) is 0.231. The minimum atomic E-state index is -0.451. The van der Waals surface area contributed by atoms with Crippen LogP contribution in [0.25, 0.3) is 0 Å². The molecule has 2 rings (SSSR count).